The lowest BCUT2D eigenvalue weighted by Gasteiger charge is -2.32. The van der Waals surface area contributed by atoms with Crippen LogP contribution in [0, 0.1) is 0 Å². The van der Waals surface area contributed by atoms with Crippen LogP contribution in [-0.2, 0) is 4.79 Å². The Hall–Kier alpha value is -2.28. The molecule has 0 spiro atoms. The number of rotatable bonds is 5. The first-order chi connectivity index (χ1) is 12.7. The van der Waals surface area contributed by atoms with E-state index in [-0.39, 0.29) is 11.8 Å². The number of ketones is 1. The molecule has 1 atom stereocenters. The van der Waals surface area contributed by atoms with Crippen LogP contribution in [0.4, 0.5) is 5.95 Å². The van der Waals surface area contributed by atoms with Gasteiger partial charge in [0.15, 0.2) is 5.78 Å². The van der Waals surface area contributed by atoms with E-state index in [9.17, 15) is 4.79 Å². The molecule has 136 valence electrons. The van der Waals surface area contributed by atoms with Crippen LogP contribution in [0.2, 0.25) is 0 Å². The summed E-state index contributed by atoms with van der Waals surface area (Å²) in [5.74, 6) is 2.57. The Bertz CT molecular complexity index is 874. The van der Waals surface area contributed by atoms with Gasteiger partial charge < -0.3 is 10.1 Å². The van der Waals surface area contributed by atoms with Gasteiger partial charge in [0.05, 0.1) is 6.61 Å². The monoisotopic (exact) mass is 370 g/mol. The molecular weight excluding hydrogens is 348 g/mol. The van der Waals surface area contributed by atoms with Gasteiger partial charge in [0, 0.05) is 23.3 Å². The summed E-state index contributed by atoms with van der Waals surface area (Å²) in [5.41, 5.74) is 2.73. The lowest BCUT2D eigenvalue weighted by Crippen LogP contribution is -2.31. The molecule has 0 saturated heterocycles. The van der Waals surface area contributed by atoms with Crippen molar-refractivity contribution < 1.29 is 9.53 Å². The first-order valence-corrected chi connectivity index (χ1v) is 10.1. The third kappa shape index (κ3) is 2.90. The molecule has 0 radical (unpaired) electrons. The Morgan fingerprint density at radius 3 is 2.96 bits per heavy atom. The van der Waals surface area contributed by atoms with Crippen molar-refractivity contribution in [3.05, 3.63) is 41.1 Å². The van der Waals surface area contributed by atoms with Crippen molar-refractivity contribution in [2.75, 3.05) is 17.7 Å². The lowest BCUT2D eigenvalue weighted by molar-refractivity contribution is -0.116. The van der Waals surface area contributed by atoms with Crippen LogP contribution in [0.1, 0.15) is 44.7 Å². The van der Waals surface area contributed by atoms with E-state index in [1.165, 1.54) is 0 Å². The lowest BCUT2D eigenvalue weighted by atomic mass is 9.85. The number of nitrogens with one attached hydrogen (secondary N) is 1. The van der Waals surface area contributed by atoms with E-state index < -0.39 is 0 Å². The maximum atomic E-state index is 12.8. The van der Waals surface area contributed by atoms with Crippen LogP contribution in [0.5, 0.6) is 5.75 Å². The number of carbonyl (C=O) groups is 1. The van der Waals surface area contributed by atoms with Gasteiger partial charge in [-0.15, -0.1) is 5.10 Å². The van der Waals surface area contributed by atoms with Gasteiger partial charge in [0.2, 0.25) is 11.1 Å². The van der Waals surface area contributed by atoms with Crippen molar-refractivity contribution in [3.63, 3.8) is 0 Å². The summed E-state index contributed by atoms with van der Waals surface area (Å²) < 4.78 is 7.70. The maximum Gasteiger partial charge on any atom is 0.227 e. The van der Waals surface area contributed by atoms with Gasteiger partial charge in [-0.25, -0.2) is 4.68 Å². The fraction of sp³-hybridized carbons (Fsp3) is 0.421. The highest BCUT2D eigenvalue weighted by atomic mass is 32.2. The molecule has 0 saturated carbocycles. The largest absolute Gasteiger partial charge is 0.494 e. The van der Waals surface area contributed by atoms with Crippen LogP contribution >= 0.6 is 11.8 Å². The molecule has 1 N–H and O–H groups in total. The normalized spacial score (nSPS) is 19.0. The third-order valence-electron chi connectivity index (χ3n) is 4.64. The molecule has 26 heavy (non-hydrogen) atoms. The second-order valence-corrected chi connectivity index (χ2v) is 7.49. The van der Waals surface area contributed by atoms with Gasteiger partial charge in [-0.05, 0) is 31.6 Å². The topological polar surface area (TPSA) is 69.0 Å². The minimum atomic E-state index is -0.296. The quantitative estimate of drug-likeness (QED) is 0.807. The minimum Gasteiger partial charge on any atom is -0.494 e. The molecule has 6 nitrogen and oxygen atoms in total. The van der Waals surface area contributed by atoms with E-state index in [0.717, 1.165) is 46.3 Å². The molecule has 7 heteroatoms. The van der Waals surface area contributed by atoms with Crippen LogP contribution in [-0.4, -0.2) is 32.9 Å². The summed E-state index contributed by atoms with van der Waals surface area (Å²) >= 11 is 1.60. The van der Waals surface area contributed by atoms with E-state index in [0.29, 0.717) is 19.0 Å². The summed E-state index contributed by atoms with van der Waals surface area (Å²) in [6.45, 7) is 4.61. The number of ether oxygens (including phenoxy) is 1. The molecule has 1 unspecified atom stereocenters. The van der Waals surface area contributed by atoms with E-state index in [4.69, 9.17) is 4.74 Å². The molecule has 1 aromatic heterocycles. The van der Waals surface area contributed by atoms with Crippen molar-refractivity contribution in [3.8, 4) is 5.75 Å². The Kier molecular flexibility index (Phi) is 4.72. The van der Waals surface area contributed by atoms with Crippen molar-refractivity contribution in [2.24, 2.45) is 0 Å². The molecule has 0 bridgehead atoms. The van der Waals surface area contributed by atoms with Gasteiger partial charge in [-0.2, -0.15) is 4.98 Å². The summed E-state index contributed by atoms with van der Waals surface area (Å²) in [6.07, 6.45) is 2.31. The smallest absolute Gasteiger partial charge is 0.227 e. The summed E-state index contributed by atoms with van der Waals surface area (Å²) in [6, 6.07) is 7.61. The number of benzene rings is 1. The predicted octanol–water partition coefficient (Wildman–Crippen LogP) is 3.81. The second kappa shape index (κ2) is 7.15. The summed E-state index contributed by atoms with van der Waals surface area (Å²) in [5, 5.41) is 8.77. The number of hydrogen-bond donors (Lipinski definition) is 1. The number of anilines is 1. The highest BCUT2D eigenvalue weighted by Crippen LogP contribution is 2.43. The molecule has 2 aromatic rings. The Morgan fingerprint density at radius 1 is 1.31 bits per heavy atom. The van der Waals surface area contributed by atoms with E-state index in [1.54, 1.807) is 11.8 Å². The van der Waals surface area contributed by atoms with Crippen molar-refractivity contribution >= 4 is 23.5 Å². The van der Waals surface area contributed by atoms with Crippen molar-refractivity contribution in [1.82, 2.24) is 14.8 Å². The number of nitrogens with zero attached hydrogens (tertiary/aromatic N) is 3. The molecule has 1 aromatic carbocycles. The zero-order valence-corrected chi connectivity index (χ0v) is 15.8. The SMILES string of the molecule is CCOc1ccccc1C1C2=C(CCCC2=O)Nc2nc(SCC)nn21. The number of fused-ring (bicyclic) bond motifs is 1. The molecule has 2 aliphatic rings. The van der Waals surface area contributed by atoms with E-state index in [2.05, 4.69) is 22.3 Å². The predicted molar refractivity (Wildman–Crippen MR) is 102 cm³/mol. The van der Waals surface area contributed by atoms with Gasteiger partial charge >= 0.3 is 0 Å². The second-order valence-electron chi connectivity index (χ2n) is 6.26. The number of thioether (sulfide) groups is 1. The number of aromatic nitrogens is 3. The molecule has 0 fully saturated rings. The zero-order chi connectivity index (χ0) is 18.1. The van der Waals surface area contributed by atoms with Crippen molar-refractivity contribution in [1.29, 1.82) is 0 Å². The first kappa shape index (κ1) is 17.1. The number of Topliss-reactive ketones (excluding diaryl/α,β-unsaturated/α-hetero) is 1. The number of allylic oxidation sites excluding steroid dienone is 2. The molecular formula is C19H22N4O2S. The average Bonchev–Trinajstić information content (AvgIpc) is 3.03. The molecule has 4 rings (SSSR count). The standard InChI is InChI=1S/C19H22N4O2S/c1-3-25-15-11-6-5-8-12(15)17-16-13(9-7-10-14(16)24)20-18-21-19(26-4-2)22-23(17)18/h5-6,8,11,17H,3-4,7,9-10H2,1-2H3,(H,20,21,22). The molecule has 0 amide bonds. The molecule has 2 heterocycles. The number of para-hydroxylation sites is 1. The van der Waals surface area contributed by atoms with Crippen LogP contribution in [0.25, 0.3) is 0 Å². The van der Waals surface area contributed by atoms with Gasteiger partial charge in [0.25, 0.3) is 0 Å². The summed E-state index contributed by atoms with van der Waals surface area (Å²) in [7, 11) is 0. The fourth-order valence-corrected chi connectivity index (χ4v) is 4.16. The Labute approximate surface area is 157 Å². The van der Waals surface area contributed by atoms with Gasteiger partial charge in [-0.3, -0.25) is 4.79 Å². The van der Waals surface area contributed by atoms with Gasteiger partial charge in [0.1, 0.15) is 11.8 Å². The molecule has 1 aliphatic heterocycles. The average molecular weight is 370 g/mol. The Balaban J connectivity index is 1.89. The minimum absolute atomic E-state index is 0.181. The number of hydrogen-bond acceptors (Lipinski definition) is 6. The highest BCUT2D eigenvalue weighted by molar-refractivity contribution is 7.99. The Morgan fingerprint density at radius 2 is 2.15 bits per heavy atom. The first-order valence-electron chi connectivity index (χ1n) is 9.07. The molecule has 1 aliphatic carbocycles. The third-order valence-corrected chi connectivity index (χ3v) is 5.36. The van der Waals surface area contributed by atoms with E-state index >= 15 is 0 Å². The van der Waals surface area contributed by atoms with Crippen molar-refractivity contribution in [2.45, 2.75) is 44.3 Å². The van der Waals surface area contributed by atoms with Gasteiger partial charge in [-0.1, -0.05) is 36.9 Å². The van der Waals surface area contributed by atoms with Crippen LogP contribution < -0.4 is 10.1 Å². The van der Waals surface area contributed by atoms with Crippen LogP contribution in [0.3, 0.4) is 0 Å². The zero-order valence-electron chi connectivity index (χ0n) is 15.0. The van der Waals surface area contributed by atoms with E-state index in [1.807, 2.05) is 35.9 Å². The maximum absolute atomic E-state index is 12.8. The fourth-order valence-electron chi connectivity index (χ4n) is 3.61. The van der Waals surface area contributed by atoms with Crippen LogP contribution in [0.15, 0.2) is 40.7 Å². The number of carbonyl (C=O) groups excluding carboxylic acids is 1. The highest BCUT2D eigenvalue weighted by Gasteiger charge is 2.38. The summed E-state index contributed by atoms with van der Waals surface area (Å²) in [4.78, 5) is 17.4.